The fourth-order valence-electron chi connectivity index (χ4n) is 1.39. The molecule has 14 heavy (non-hydrogen) atoms. The molecule has 4 heteroatoms. The number of benzene rings is 1. The molecule has 70 valence electrons. The van der Waals surface area contributed by atoms with Crippen LogP contribution >= 0.6 is 0 Å². The molecule has 0 unspecified atom stereocenters. The van der Waals surface area contributed by atoms with Crippen molar-refractivity contribution in [2.75, 3.05) is 0 Å². The second-order valence-electron chi connectivity index (χ2n) is 3.06. The lowest BCUT2D eigenvalue weighted by Gasteiger charge is -1.99. The molecule has 2 aromatic rings. The molecule has 0 spiro atoms. The number of aldehydes is 1. The Morgan fingerprint density at radius 2 is 2.14 bits per heavy atom. The molecule has 2 rings (SSSR count). The van der Waals surface area contributed by atoms with Gasteiger partial charge in [0.15, 0.2) is 0 Å². The topological polar surface area (TPSA) is 62.8 Å². The summed E-state index contributed by atoms with van der Waals surface area (Å²) < 4.78 is 0. The van der Waals surface area contributed by atoms with Crippen LogP contribution in [0.15, 0.2) is 23.0 Å². The molecule has 0 saturated heterocycles. The summed E-state index contributed by atoms with van der Waals surface area (Å²) in [5.74, 6) is 0. The standard InChI is InChI=1S/C10H8N2O2/c1-6-9-4-7(5-13)2-3-8(9)10(14)12-11-6/h2-5H,1H3,(H,12,14). The molecule has 1 N–H and O–H groups in total. The molecule has 0 bridgehead atoms. The van der Waals surface area contributed by atoms with Crippen LogP contribution in [0.25, 0.3) is 10.8 Å². The van der Waals surface area contributed by atoms with Crippen LogP contribution in [0.1, 0.15) is 16.1 Å². The van der Waals surface area contributed by atoms with E-state index >= 15 is 0 Å². The molecule has 1 aromatic heterocycles. The molecule has 0 amide bonds. The predicted octanol–water partition coefficient (Wildman–Crippen LogP) is 1.04. The summed E-state index contributed by atoms with van der Waals surface area (Å²) in [7, 11) is 0. The number of aromatic amines is 1. The fraction of sp³-hybridized carbons (Fsp3) is 0.100. The molecule has 0 aliphatic rings. The third-order valence-corrected chi connectivity index (χ3v) is 2.14. The van der Waals surface area contributed by atoms with Gasteiger partial charge in [0.1, 0.15) is 6.29 Å². The van der Waals surface area contributed by atoms with Gasteiger partial charge in [-0.25, -0.2) is 5.10 Å². The summed E-state index contributed by atoms with van der Waals surface area (Å²) in [6, 6.07) is 4.91. The number of fused-ring (bicyclic) bond motifs is 1. The van der Waals surface area contributed by atoms with Gasteiger partial charge in [-0.1, -0.05) is 6.07 Å². The van der Waals surface area contributed by atoms with E-state index in [0.29, 0.717) is 16.6 Å². The lowest BCUT2D eigenvalue weighted by molar-refractivity contribution is 0.112. The van der Waals surface area contributed by atoms with E-state index in [1.165, 1.54) is 0 Å². The first kappa shape index (κ1) is 8.62. The van der Waals surface area contributed by atoms with E-state index in [1.807, 2.05) is 0 Å². The average molecular weight is 188 g/mol. The first-order valence-corrected chi connectivity index (χ1v) is 4.16. The molecule has 4 nitrogen and oxygen atoms in total. The Kier molecular flexibility index (Phi) is 1.89. The quantitative estimate of drug-likeness (QED) is 0.680. The molecule has 1 heterocycles. The number of aromatic nitrogens is 2. The Balaban J connectivity index is 2.94. The van der Waals surface area contributed by atoms with Gasteiger partial charge in [0.25, 0.3) is 5.56 Å². The number of carbonyl (C=O) groups is 1. The number of carbonyl (C=O) groups excluding carboxylic acids is 1. The number of aryl methyl sites for hydroxylation is 1. The van der Waals surface area contributed by atoms with Crippen LogP contribution in [-0.4, -0.2) is 16.5 Å². The molecule has 0 aliphatic heterocycles. The zero-order chi connectivity index (χ0) is 10.1. The fourth-order valence-corrected chi connectivity index (χ4v) is 1.39. The van der Waals surface area contributed by atoms with Gasteiger partial charge in [-0.3, -0.25) is 9.59 Å². The summed E-state index contributed by atoms with van der Waals surface area (Å²) in [5.41, 5.74) is 1.03. The van der Waals surface area contributed by atoms with E-state index in [0.717, 1.165) is 11.7 Å². The largest absolute Gasteiger partial charge is 0.298 e. The minimum absolute atomic E-state index is 0.233. The lowest BCUT2D eigenvalue weighted by atomic mass is 10.1. The Morgan fingerprint density at radius 3 is 2.86 bits per heavy atom. The number of nitrogens with one attached hydrogen (secondary N) is 1. The molecule has 0 atom stereocenters. The van der Waals surface area contributed by atoms with Crippen molar-refractivity contribution in [1.29, 1.82) is 0 Å². The number of rotatable bonds is 1. The van der Waals surface area contributed by atoms with Gasteiger partial charge in [-0.2, -0.15) is 5.10 Å². The second kappa shape index (κ2) is 3.06. The van der Waals surface area contributed by atoms with E-state index < -0.39 is 0 Å². The van der Waals surface area contributed by atoms with Crippen LogP contribution in [0.4, 0.5) is 0 Å². The van der Waals surface area contributed by atoms with Gasteiger partial charge in [-0.05, 0) is 19.1 Å². The Bertz CT molecular complexity index is 558. The zero-order valence-corrected chi connectivity index (χ0v) is 7.57. The number of H-pyrrole nitrogens is 1. The summed E-state index contributed by atoms with van der Waals surface area (Å²) in [6.45, 7) is 1.78. The van der Waals surface area contributed by atoms with Gasteiger partial charge >= 0.3 is 0 Å². The summed E-state index contributed by atoms with van der Waals surface area (Å²) >= 11 is 0. The van der Waals surface area contributed by atoms with Crippen molar-refractivity contribution in [3.63, 3.8) is 0 Å². The van der Waals surface area contributed by atoms with Crippen LogP contribution in [0.2, 0.25) is 0 Å². The molecule has 0 saturated carbocycles. The minimum atomic E-state index is -0.233. The van der Waals surface area contributed by atoms with E-state index in [1.54, 1.807) is 25.1 Å². The van der Waals surface area contributed by atoms with Crippen molar-refractivity contribution >= 4 is 17.1 Å². The van der Waals surface area contributed by atoms with Gasteiger partial charge in [0.2, 0.25) is 0 Å². The number of nitrogens with zero attached hydrogens (tertiary/aromatic N) is 1. The molecular formula is C10H8N2O2. The minimum Gasteiger partial charge on any atom is -0.298 e. The highest BCUT2D eigenvalue weighted by Gasteiger charge is 2.03. The summed E-state index contributed by atoms with van der Waals surface area (Å²) in [5, 5.41) is 7.49. The maximum Gasteiger partial charge on any atom is 0.272 e. The maximum atomic E-state index is 11.3. The molecular weight excluding hydrogens is 180 g/mol. The first-order chi connectivity index (χ1) is 6.72. The zero-order valence-electron chi connectivity index (χ0n) is 7.57. The van der Waals surface area contributed by atoms with Gasteiger partial charge in [0.05, 0.1) is 11.1 Å². The van der Waals surface area contributed by atoms with Gasteiger partial charge < -0.3 is 0 Å². The molecule has 0 fully saturated rings. The van der Waals surface area contributed by atoms with Crippen LogP contribution in [0.5, 0.6) is 0 Å². The van der Waals surface area contributed by atoms with E-state index in [-0.39, 0.29) is 5.56 Å². The van der Waals surface area contributed by atoms with Crippen molar-refractivity contribution < 1.29 is 4.79 Å². The van der Waals surface area contributed by atoms with Crippen LogP contribution in [0.3, 0.4) is 0 Å². The van der Waals surface area contributed by atoms with Crippen molar-refractivity contribution in [3.05, 3.63) is 39.8 Å². The van der Waals surface area contributed by atoms with Crippen molar-refractivity contribution in [1.82, 2.24) is 10.2 Å². The normalized spacial score (nSPS) is 10.4. The highest BCUT2D eigenvalue weighted by molar-refractivity contribution is 5.89. The SMILES string of the molecule is Cc1n[nH]c(=O)c2ccc(C=O)cc12. The Morgan fingerprint density at radius 1 is 1.36 bits per heavy atom. The smallest absolute Gasteiger partial charge is 0.272 e. The summed E-state index contributed by atoms with van der Waals surface area (Å²) in [4.78, 5) is 21.9. The lowest BCUT2D eigenvalue weighted by Crippen LogP contribution is -2.09. The third-order valence-electron chi connectivity index (χ3n) is 2.14. The predicted molar refractivity (Wildman–Crippen MR) is 52.5 cm³/mol. The van der Waals surface area contributed by atoms with Crippen LogP contribution in [0, 0.1) is 6.92 Å². The van der Waals surface area contributed by atoms with Crippen LogP contribution in [-0.2, 0) is 0 Å². The molecule has 1 aromatic carbocycles. The number of hydrogen-bond acceptors (Lipinski definition) is 3. The van der Waals surface area contributed by atoms with Crippen LogP contribution < -0.4 is 5.56 Å². The Labute approximate surface area is 79.6 Å². The molecule has 0 aliphatic carbocycles. The van der Waals surface area contributed by atoms with Crippen molar-refractivity contribution in [3.8, 4) is 0 Å². The summed E-state index contributed by atoms with van der Waals surface area (Å²) in [6.07, 6.45) is 0.750. The molecule has 0 radical (unpaired) electrons. The van der Waals surface area contributed by atoms with E-state index in [9.17, 15) is 9.59 Å². The maximum absolute atomic E-state index is 11.3. The number of hydrogen-bond donors (Lipinski definition) is 1. The monoisotopic (exact) mass is 188 g/mol. The van der Waals surface area contributed by atoms with Gasteiger partial charge in [-0.15, -0.1) is 0 Å². The highest BCUT2D eigenvalue weighted by Crippen LogP contribution is 2.13. The average Bonchev–Trinajstić information content (AvgIpc) is 2.23. The van der Waals surface area contributed by atoms with Gasteiger partial charge in [0, 0.05) is 10.9 Å². The van der Waals surface area contributed by atoms with Crippen molar-refractivity contribution in [2.45, 2.75) is 6.92 Å². The third kappa shape index (κ3) is 1.21. The van der Waals surface area contributed by atoms with E-state index in [4.69, 9.17) is 0 Å². The second-order valence-corrected chi connectivity index (χ2v) is 3.06. The Hall–Kier alpha value is -1.97. The first-order valence-electron chi connectivity index (χ1n) is 4.16. The van der Waals surface area contributed by atoms with E-state index in [2.05, 4.69) is 10.2 Å². The van der Waals surface area contributed by atoms with Crippen molar-refractivity contribution in [2.24, 2.45) is 0 Å². The highest BCUT2D eigenvalue weighted by atomic mass is 16.1.